The van der Waals surface area contributed by atoms with Crippen LogP contribution in [-0.2, 0) is 0 Å². The van der Waals surface area contributed by atoms with Crippen LogP contribution in [0.4, 0.5) is 13.2 Å². The Bertz CT molecular complexity index is 712. The van der Waals surface area contributed by atoms with Crippen molar-refractivity contribution >= 4 is 5.97 Å². The topological polar surface area (TPSA) is 26.3 Å². The first-order valence-corrected chi connectivity index (χ1v) is 8.01. The van der Waals surface area contributed by atoms with Crippen LogP contribution >= 0.6 is 0 Å². The summed E-state index contributed by atoms with van der Waals surface area (Å²) in [5.41, 5.74) is 1.46. The minimum Gasteiger partial charge on any atom is -0.423 e. The van der Waals surface area contributed by atoms with Crippen LogP contribution in [0, 0.1) is 17.5 Å². The lowest BCUT2D eigenvalue weighted by molar-refractivity contribution is 0.0733. The molecule has 2 aromatic rings. The lowest BCUT2D eigenvalue weighted by atomic mass is 9.84. The molecule has 0 heterocycles. The molecule has 0 unspecified atom stereocenters. The molecule has 5 heteroatoms. The third-order valence-corrected chi connectivity index (χ3v) is 4.39. The summed E-state index contributed by atoms with van der Waals surface area (Å²) in [7, 11) is 0. The van der Waals surface area contributed by atoms with E-state index in [1.54, 1.807) is 12.1 Å². The van der Waals surface area contributed by atoms with Crippen LogP contribution in [0.5, 0.6) is 5.75 Å². The van der Waals surface area contributed by atoms with Gasteiger partial charge < -0.3 is 4.74 Å². The molecule has 1 aliphatic rings. The molecular weight excluding hydrogens is 317 g/mol. The largest absolute Gasteiger partial charge is 0.423 e. The Hall–Kier alpha value is -2.30. The summed E-state index contributed by atoms with van der Waals surface area (Å²) in [5.74, 6) is -4.98. The Morgan fingerprint density at radius 3 is 2.08 bits per heavy atom. The van der Waals surface area contributed by atoms with Crippen molar-refractivity contribution in [1.82, 2.24) is 0 Å². The molecule has 126 valence electrons. The molecule has 0 radical (unpaired) electrons. The molecule has 0 N–H and O–H groups in total. The second-order valence-electron chi connectivity index (χ2n) is 6.05. The van der Waals surface area contributed by atoms with Gasteiger partial charge >= 0.3 is 5.97 Å². The number of carbonyl (C=O) groups is 1. The van der Waals surface area contributed by atoms with E-state index in [-0.39, 0.29) is 11.3 Å². The van der Waals surface area contributed by atoms with E-state index in [9.17, 15) is 18.0 Å². The maximum absolute atomic E-state index is 13.1. The quantitative estimate of drug-likeness (QED) is 0.428. The third-order valence-electron chi connectivity index (χ3n) is 4.39. The maximum Gasteiger partial charge on any atom is 0.343 e. The van der Waals surface area contributed by atoms with Gasteiger partial charge in [-0.05, 0) is 36.5 Å². The van der Waals surface area contributed by atoms with Crippen molar-refractivity contribution < 1.29 is 22.7 Å². The van der Waals surface area contributed by atoms with Gasteiger partial charge in [-0.15, -0.1) is 0 Å². The van der Waals surface area contributed by atoms with Crippen LogP contribution in [0.25, 0.3) is 0 Å². The molecule has 2 aromatic carbocycles. The number of carbonyl (C=O) groups excluding carboxylic acids is 1. The highest BCUT2D eigenvalue weighted by molar-refractivity contribution is 5.91. The van der Waals surface area contributed by atoms with E-state index in [0.29, 0.717) is 18.1 Å². The normalized spacial score (nSPS) is 15.3. The predicted molar refractivity (Wildman–Crippen MR) is 83.5 cm³/mol. The molecule has 0 saturated heterocycles. The lowest BCUT2D eigenvalue weighted by Crippen LogP contribution is -2.10. The summed E-state index contributed by atoms with van der Waals surface area (Å²) in [6.45, 7) is 0. The molecule has 0 amide bonds. The summed E-state index contributed by atoms with van der Waals surface area (Å²) in [6.07, 6.45) is 6.01. The van der Waals surface area contributed by atoms with Crippen LogP contribution in [-0.4, -0.2) is 5.97 Å². The second-order valence-corrected chi connectivity index (χ2v) is 6.05. The fourth-order valence-electron chi connectivity index (χ4n) is 3.08. The highest BCUT2D eigenvalue weighted by atomic mass is 19.2. The first-order chi connectivity index (χ1) is 11.5. The van der Waals surface area contributed by atoms with E-state index in [1.165, 1.54) is 24.8 Å². The van der Waals surface area contributed by atoms with E-state index in [0.717, 1.165) is 12.8 Å². The van der Waals surface area contributed by atoms with E-state index in [1.807, 2.05) is 12.1 Å². The summed E-state index contributed by atoms with van der Waals surface area (Å²) in [4.78, 5) is 12.0. The fraction of sp³-hybridized carbons (Fsp3) is 0.316. The molecule has 0 atom stereocenters. The van der Waals surface area contributed by atoms with Gasteiger partial charge in [-0.1, -0.05) is 31.4 Å². The molecule has 1 fully saturated rings. The Balaban J connectivity index is 1.71. The molecule has 0 bridgehead atoms. The van der Waals surface area contributed by atoms with Crippen molar-refractivity contribution in [3.8, 4) is 5.75 Å². The lowest BCUT2D eigenvalue weighted by Gasteiger charge is -2.21. The van der Waals surface area contributed by atoms with Gasteiger partial charge in [0.2, 0.25) is 0 Å². The fourth-order valence-corrected chi connectivity index (χ4v) is 3.08. The van der Waals surface area contributed by atoms with Crippen molar-refractivity contribution in [3.05, 3.63) is 65.0 Å². The smallest absolute Gasteiger partial charge is 0.343 e. The Labute approximate surface area is 138 Å². The van der Waals surface area contributed by atoms with E-state index in [4.69, 9.17) is 4.74 Å². The molecular formula is C19H17F3O2. The van der Waals surface area contributed by atoms with Gasteiger partial charge in [-0.3, -0.25) is 0 Å². The molecule has 0 aromatic heterocycles. The monoisotopic (exact) mass is 334 g/mol. The van der Waals surface area contributed by atoms with Crippen molar-refractivity contribution in [2.24, 2.45) is 0 Å². The van der Waals surface area contributed by atoms with Gasteiger partial charge in [0.1, 0.15) is 5.75 Å². The van der Waals surface area contributed by atoms with Crippen LogP contribution in [0.3, 0.4) is 0 Å². The van der Waals surface area contributed by atoms with Crippen LogP contribution < -0.4 is 4.74 Å². The SMILES string of the molecule is O=C(Oc1cc(F)c(F)c(F)c1)c1ccc(C2CCCCC2)cc1. The van der Waals surface area contributed by atoms with Crippen LogP contribution in [0.1, 0.15) is 53.9 Å². The van der Waals surface area contributed by atoms with Crippen molar-refractivity contribution in [2.45, 2.75) is 38.0 Å². The number of hydrogen-bond donors (Lipinski definition) is 0. The number of esters is 1. The van der Waals surface area contributed by atoms with Gasteiger partial charge in [0.05, 0.1) is 5.56 Å². The van der Waals surface area contributed by atoms with Crippen LogP contribution in [0.2, 0.25) is 0 Å². The summed E-state index contributed by atoms with van der Waals surface area (Å²) in [6, 6.07) is 8.35. The van der Waals surface area contributed by atoms with Gasteiger partial charge in [0.25, 0.3) is 0 Å². The third kappa shape index (κ3) is 3.61. The van der Waals surface area contributed by atoms with Crippen molar-refractivity contribution in [1.29, 1.82) is 0 Å². The van der Waals surface area contributed by atoms with Gasteiger partial charge in [0, 0.05) is 12.1 Å². The number of halogens is 3. The average molecular weight is 334 g/mol. The molecule has 1 aliphatic carbocycles. The second kappa shape index (κ2) is 7.07. The van der Waals surface area contributed by atoms with Crippen molar-refractivity contribution in [2.75, 3.05) is 0 Å². The zero-order valence-corrected chi connectivity index (χ0v) is 13.0. The number of hydrogen-bond acceptors (Lipinski definition) is 2. The zero-order valence-electron chi connectivity index (χ0n) is 13.0. The Morgan fingerprint density at radius 1 is 0.917 bits per heavy atom. The molecule has 0 spiro atoms. The highest BCUT2D eigenvalue weighted by Gasteiger charge is 2.17. The zero-order chi connectivity index (χ0) is 17.1. The van der Waals surface area contributed by atoms with E-state index in [2.05, 4.69) is 0 Å². The van der Waals surface area contributed by atoms with E-state index >= 15 is 0 Å². The van der Waals surface area contributed by atoms with E-state index < -0.39 is 23.4 Å². The molecule has 2 nitrogen and oxygen atoms in total. The van der Waals surface area contributed by atoms with Gasteiger partial charge in [-0.2, -0.15) is 0 Å². The van der Waals surface area contributed by atoms with Gasteiger partial charge in [0.15, 0.2) is 17.5 Å². The number of ether oxygens (including phenoxy) is 1. The minimum absolute atomic E-state index is 0.278. The average Bonchev–Trinajstić information content (AvgIpc) is 2.60. The standard InChI is InChI=1S/C19H17F3O2/c20-16-10-15(11-17(21)18(16)22)24-19(23)14-8-6-13(7-9-14)12-4-2-1-3-5-12/h6-12H,1-5H2. The maximum atomic E-state index is 13.1. The molecule has 3 rings (SSSR count). The molecule has 0 aliphatic heterocycles. The number of rotatable bonds is 3. The first-order valence-electron chi connectivity index (χ1n) is 8.01. The highest BCUT2D eigenvalue weighted by Crippen LogP contribution is 2.32. The van der Waals surface area contributed by atoms with Gasteiger partial charge in [-0.25, -0.2) is 18.0 Å². The Kier molecular flexibility index (Phi) is 4.88. The van der Waals surface area contributed by atoms with Crippen LogP contribution in [0.15, 0.2) is 36.4 Å². The minimum atomic E-state index is -1.59. The molecule has 1 saturated carbocycles. The Morgan fingerprint density at radius 2 is 1.50 bits per heavy atom. The summed E-state index contributed by atoms with van der Waals surface area (Å²) < 4.78 is 44.1. The molecule has 24 heavy (non-hydrogen) atoms. The number of benzene rings is 2. The summed E-state index contributed by atoms with van der Waals surface area (Å²) >= 11 is 0. The predicted octanol–water partition coefficient (Wildman–Crippen LogP) is 5.37. The van der Waals surface area contributed by atoms with Crippen molar-refractivity contribution in [3.63, 3.8) is 0 Å². The summed E-state index contributed by atoms with van der Waals surface area (Å²) in [5, 5.41) is 0. The first kappa shape index (κ1) is 16.6.